The van der Waals surface area contributed by atoms with Crippen molar-refractivity contribution in [3.8, 4) is 0 Å². The molecule has 2 heterocycles. The van der Waals surface area contributed by atoms with E-state index >= 15 is 0 Å². The highest BCUT2D eigenvalue weighted by molar-refractivity contribution is 8.00. The van der Waals surface area contributed by atoms with Gasteiger partial charge in [-0.05, 0) is 18.9 Å². The lowest BCUT2D eigenvalue weighted by Crippen LogP contribution is -2.70. The van der Waals surface area contributed by atoms with Gasteiger partial charge < -0.3 is 15.5 Å². The third-order valence-electron chi connectivity index (χ3n) is 3.72. The van der Waals surface area contributed by atoms with Gasteiger partial charge in [0.2, 0.25) is 11.7 Å². The van der Waals surface area contributed by atoms with Gasteiger partial charge in [-0.2, -0.15) is 0 Å². The summed E-state index contributed by atoms with van der Waals surface area (Å²) in [5, 5.41) is 19.7. The maximum absolute atomic E-state index is 12.1. The van der Waals surface area contributed by atoms with E-state index in [1.165, 1.54) is 16.7 Å². The summed E-state index contributed by atoms with van der Waals surface area (Å²) in [6.45, 7) is 1.64. The van der Waals surface area contributed by atoms with Crippen molar-refractivity contribution in [3.05, 3.63) is 11.3 Å². The Hall–Kier alpha value is -2.36. The number of carboxylic acid groups (broad SMARTS) is 2. The quantitative estimate of drug-likeness (QED) is 0.412. The summed E-state index contributed by atoms with van der Waals surface area (Å²) in [6, 6.07) is -0.805. The van der Waals surface area contributed by atoms with Gasteiger partial charge in [0.05, 0.1) is 0 Å². The molecule has 2 rings (SSSR count). The number of β-lactam (4-membered cyclic amide) rings is 1. The average molecular weight is 356 g/mol. The molecule has 0 saturated carbocycles. The molecule has 9 nitrogen and oxygen atoms in total. The molecule has 0 radical (unpaired) electrons. The molecule has 2 aliphatic rings. The number of rotatable bonds is 7. The molecule has 3 N–H and O–H groups in total. The Morgan fingerprint density at radius 1 is 1.25 bits per heavy atom. The van der Waals surface area contributed by atoms with Crippen LogP contribution in [-0.4, -0.2) is 61.8 Å². The third kappa shape index (κ3) is 3.42. The number of nitrogens with one attached hydrogen (secondary N) is 1. The predicted octanol–water partition coefficient (Wildman–Crippen LogP) is -0.431. The van der Waals surface area contributed by atoms with Crippen LogP contribution >= 0.6 is 11.8 Å². The Morgan fingerprint density at radius 3 is 2.50 bits per heavy atom. The number of Topliss-reactive ketones (excluding diaryl/α,β-unsaturated/α-hetero) is 1. The Labute approximate surface area is 141 Å². The summed E-state index contributed by atoms with van der Waals surface area (Å²) in [5.41, 5.74) is 0.551. The topological polar surface area (TPSA) is 141 Å². The molecule has 1 fully saturated rings. The monoisotopic (exact) mass is 356 g/mol. The minimum Gasteiger partial charge on any atom is -0.477 e. The van der Waals surface area contributed by atoms with E-state index in [4.69, 9.17) is 5.11 Å². The zero-order chi connectivity index (χ0) is 18.0. The Bertz CT molecular complexity index is 658. The van der Waals surface area contributed by atoms with Crippen molar-refractivity contribution in [1.82, 2.24) is 10.2 Å². The number of nitrogens with zero attached hydrogens (tertiary/aromatic N) is 1. The number of hydrogen-bond acceptors (Lipinski definition) is 6. The van der Waals surface area contributed by atoms with Crippen LogP contribution in [0.2, 0.25) is 0 Å². The van der Waals surface area contributed by atoms with Crippen molar-refractivity contribution >= 4 is 41.3 Å². The van der Waals surface area contributed by atoms with Gasteiger partial charge in [-0.3, -0.25) is 19.3 Å². The summed E-state index contributed by atoms with van der Waals surface area (Å²) in [6.07, 6.45) is -0.267. The number of carboxylic acids is 2. The minimum atomic E-state index is -1.54. The van der Waals surface area contributed by atoms with Crippen molar-refractivity contribution in [2.45, 2.75) is 37.6 Å². The molecule has 24 heavy (non-hydrogen) atoms. The van der Waals surface area contributed by atoms with E-state index in [0.29, 0.717) is 11.3 Å². The molecule has 2 amide bonds. The first-order valence-corrected chi connectivity index (χ1v) is 8.22. The highest BCUT2D eigenvalue weighted by atomic mass is 32.2. The number of ketones is 1. The zero-order valence-corrected chi connectivity index (χ0v) is 13.6. The normalized spacial score (nSPS) is 22.5. The van der Waals surface area contributed by atoms with Gasteiger partial charge in [0.1, 0.15) is 17.1 Å². The van der Waals surface area contributed by atoms with E-state index in [9.17, 15) is 29.1 Å². The van der Waals surface area contributed by atoms with Crippen molar-refractivity contribution in [2.24, 2.45) is 0 Å². The Morgan fingerprint density at radius 2 is 1.92 bits per heavy atom. The van der Waals surface area contributed by atoms with Crippen molar-refractivity contribution < 1.29 is 34.2 Å². The van der Waals surface area contributed by atoms with Gasteiger partial charge in [-0.25, -0.2) is 9.59 Å². The fourth-order valence-corrected chi connectivity index (χ4v) is 3.83. The number of carbonyl (C=O) groups excluding carboxylic acids is 3. The molecule has 2 aliphatic heterocycles. The van der Waals surface area contributed by atoms with Crippen LogP contribution in [-0.2, 0) is 24.0 Å². The molecule has 0 spiro atoms. The van der Waals surface area contributed by atoms with Crippen LogP contribution in [0.4, 0.5) is 0 Å². The molecule has 1 saturated heterocycles. The van der Waals surface area contributed by atoms with Crippen LogP contribution in [0.5, 0.6) is 0 Å². The summed E-state index contributed by atoms with van der Waals surface area (Å²) in [7, 11) is 0. The Kier molecular flexibility index (Phi) is 5.27. The van der Waals surface area contributed by atoms with Gasteiger partial charge in [-0.15, -0.1) is 11.8 Å². The standard InChI is InChI=1S/C14H16N2O7S/c1-6-5-24-12-9(11(19)16(12)10(6)14(22)23)15-8(18)4-2-3-7(17)13(20)21/h9,12H,2-5H2,1H3,(H,15,18)(H,20,21)(H,22,23). The maximum Gasteiger partial charge on any atom is 0.372 e. The van der Waals surface area contributed by atoms with Crippen LogP contribution in [0.25, 0.3) is 0 Å². The van der Waals surface area contributed by atoms with Crippen LogP contribution in [0, 0.1) is 0 Å². The molecule has 0 aromatic carbocycles. The fraction of sp³-hybridized carbons (Fsp3) is 0.500. The van der Waals surface area contributed by atoms with Crippen molar-refractivity contribution in [2.75, 3.05) is 5.75 Å². The number of hydrogen-bond donors (Lipinski definition) is 3. The van der Waals surface area contributed by atoms with Gasteiger partial charge >= 0.3 is 11.9 Å². The molecule has 10 heteroatoms. The molecule has 2 atom stereocenters. The van der Waals surface area contributed by atoms with Crippen LogP contribution < -0.4 is 5.32 Å². The molecule has 0 bridgehead atoms. The largest absolute Gasteiger partial charge is 0.477 e. The first-order chi connectivity index (χ1) is 11.2. The number of fused-ring (bicyclic) bond motifs is 1. The summed E-state index contributed by atoms with van der Waals surface area (Å²) in [5.74, 6) is -4.20. The van der Waals surface area contributed by atoms with Gasteiger partial charge in [0, 0.05) is 18.6 Å². The van der Waals surface area contributed by atoms with E-state index in [1.807, 2.05) is 0 Å². The van der Waals surface area contributed by atoms with Crippen molar-refractivity contribution in [3.63, 3.8) is 0 Å². The molecular formula is C14H16N2O7S. The van der Waals surface area contributed by atoms with E-state index in [-0.39, 0.29) is 25.0 Å². The highest BCUT2D eigenvalue weighted by Crippen LogP contribution is 2.40. The number of carbonyl (C=O) groups is 5. The summed E-state index contributed by atoms with van der Waals surface area (Å²) >= 11 is 1.37. The smallest absolute Gasteiger partial charge is 0.372 e. The van der Waals surface area contributed by atoms with Gasteiger partial charge in [0.15, 0.2) is 0 Å². The van der Waals surface area contributed by atoms with Crippen LogP contribution in [0.1, 0.15) is 26.2 Å². The number of thioether (sulfide) groups is 1. The maximum atomic E-state index is 12.1. The fourth-order valence-electron chi connectivity index (χ4n) is 2.54. The lowest BCUT2D eigenvalue weighted by Gasteiger charge is -2.49. The van der Waals surface area contributed by atoms with Crippen LogP contribution in [0.15, 0.2) is 11.3 Å². The summed E-state index contributed by atoms with van der Waals surface area (Å²) in [4.78, 5) is 57.7. The predicted molar refractivity (Wildman–Crippen MR) is 81.9 cm³/mol. The van der Waals surface area contributed by atoms with E-state index in [0.717, 1.165) is 0 Å². The molecule has 0 aromatic heterocycles. The molecule has 0 aliphatic carbocycles. The Balaban J connectivity index is 1.89. The SMILES string of the molecule is CC1=C(C(=O)O)N2C(=O)C(NC(=O)CCCC(=O)C(=O)O)C2SC1. The second kappa shape index (κ2) is 7.04. The molecule has 0 aromatic rings. The molecule has 130 valence electrons. The second-order valence-corrected chi connectivity index (χ2v) is 6.58. The van der Waals surface area contributed by atoms with Crippen LogP contribution in [0.3, 0.4) is 0 Å². The zero-order valence-electron chi connectivity index (χ0n) is 12.8. The lowest BCUT2D eigenvalue weighted by molar-refractivity contribution is -0.150. The third-order valence-corrected chi connectivity index (χ3v) is 5.15. The van der Waals surface area contributed by atoms with Gasteiger partial charge in [0.25, 0.3) is 5.91 Å². The molecular weight excluding hydrogens is 340 g/mol. The van der Waals surface area contributed by atoms with Crippen molar-refractivity contribution in [1.29, 1.82) is 0 Å². The number of aliphatic carboxylic acids is 2. The highest BCUT2D eigenvalue weighted by Gasteiger charge is 2.53. The lowest BCUT2D eigenvalue weighted by atomic mass is 10.0. The van der Waals surface area contributed by atoms with Gasteiger partial charge in [-0.1, -0.05) is 0 Å². The molecule has 2 unspecified atom stereocenters. The number of amides is 2. The van der Waals surface area contributed by atoms with E-state index in [2.05, 4.69) is 5.32 Å². The first-order valence-electron chi connectivity index (χ1n) is 7.17. The minimum absolute atomic E-state index is 0.0405. The second-order valence-electron chi connectivity index (χ2n) is 5.47. The van der Waals surface area contributed by atoms with E-state index < -0.39 is 41.0 Å². The average Bonchev–Trinajstić information content (AvgIpc) is 2.51. The van der Waals surface area contributed by atoms with E-state index in [1.54, 1.807) is 6.92 Å². The summed E-state index contributed by atoms with van der Waals surface area (Å²) < 4.78 is 0. The first kappa shape index (κ1) is 18.0.